The summed E-state index contributed by atoms with van der Waals surface area (Å²) in [5, 5.41) is 0. The van der Waals surface area contributed by atoms with E-state index in [9.17, 15) is 26.7 Å². The number of aromatic nitrogens is 1. The number of hydrogen-bond donors (Lipinski definition) is 0. The second kappa shape index (κ2) is 4.99. The fourth-order valence-corrected chi connectivity index (χ4v) is 2.24. The first-order valence-corrected chi connectivity index (χ1v) is 5.90. The minimum atomic E-state index is -5.88. The molecule has 0 bridgehead atoms. The Bertz CT molecular complexity index is 488. The molecule has 8 heteroatoms. The molecular formula is C12H11F5N2O. The second-order valence-electron chi connectivity index (χ2n) is 4.51. The van der Waals surface area contributed by atoms with Crippen LogP contribution in [0.4, 0.5) is 22.0 Å². The summed E-state index contributed by atoms with van der Waals surface area (Å²) in [4.78, 5) is 15.9. The molecule has 1 aromatic heterocycles. The number of rotatable bonds is 2. The molecule has 2 rings (SSSR count). The van der Waals surface area contributed by atoms with Crippen LogP contribution in [-0.4, -0.2) is 34.4 Å². The highest BCUT2D eigenvalue weighted by Gasteiger charge is 2.65. The van der Waals surface area contributed by atoms with Crippen molar-refractivity contribution in [2.45, 2.75) is 31.0 Å². The van der Waals surface area contributed by atoms with Crippen molar-refractivity contribution in [1.29, 1.82) is 0 Å². The van der Waals surface area contributed by atoms with Gasteiger partial charge in [-0.05, 0) is 30.5 Å². The van der Waals surface area contributed by atoms with Gasteiger partial charge < -0.3 is 4.90 Å². The molecule has 1 amide bonds. The number of carbonyl (C=O) groups excluding carboxylic acids is 1. The lowest BCUT2D eigenvalue weighted by Gasteiger charge is -2.29. The summed E-state index contributed by atoms with van der Waals surface area (Å²) >= 11 is 0. The van der Waals surface area contributed by atoms with Crippen molar-refractivity contribution in [1.82, 2.24) is 9.88 Å². The van der Waals surface area contributed by atoms with Gasteiger partial charge in [0.2, 0.25) is 0 Å². The lowest BCUT2D eigenvalue weighted by molar-refractivity contribution is -0.274. The van der Waals surface area contributed by atoms with E-state index in [2.05, 4.69) is 4.98 Å². The number of alkyl halides is 5. The fourth-order valence-electron chi connectivity index (χ4n) is 2.24. The van der Waals surface area contributed by atoms with E-state index < -0.39 is 24.0 Å². The summed E-state index contributed by atoms with van der Waals surface area (Å²) in [5.41, 5.74) is 0.504. The molecule has 1 atom stereocenters. The Morgan fingerprint density at radius 1 is 1.20 bits per heavy atom. The summed E-state index contributed by atoms with van der Waals surface area (Å²) < 4.78 is 63.1. The Morgan fingerprint density at radius 2 is 1.80 bits per heavy atom. The first-order chi connectivity index (χ1) is 9.25. The number of amides is 1. The van der Waals surface area contributed by atoms with Gasteiger partial charge in [-0.15, -0.1) is 0 Å². The second-order valence-corrected chi connectivity index (χ2v) is 4.51. The molecule has 1 fully saturated rings. The van der Waals surface area contributed by atoms with Crippen molar-refractivity contribution in [3.63, 3.8) is 0 Å². The van der Waals surface area contributed by atoms with Gasteiger partial charge in [-0.3, -0.25) is 9.78 Å². The topological polar surface area (TPSA) is 33.2 Å². The van der Waals surface area contributed by atoms with Crippen LogP contribution in [0.5, 0.6) is 0 Å². The van der Waals surface area contributed by atoms with Crippen LogP contribution in [0.1, 0.15) is 24.4 Å². The van der Waals surface area contributed by atoms with Crippen LogP contribution in [0.3, 0.4) is 0 Å². The summed E-state index contributed by atoms with van der Waals surface area (Å²) in [6.45, 7) is -0.114. The van der Waals surface area contributed by atoms with Gasteiger partial charge in [-0.1, -0.05) is 0 Å². The van der Waals surface area contributed by atoms with Crippen LogP contribution in [0.2, 0.25) is 0 Å². The van der Waals surface area contributed by atoms with Crippen molar-refractivity contribution < 1.29 is 26.7 Å². The molecule has 3 nitrogen and oxygen atoms in total. The number of halogens is 5. The zero-order valence-electron chi connectivity index (χ0n) is 10.2. The summed E-state index contributed by atoms with van der Waals surface area (Å²) in [7, 11) is 0. The van der Waals surface area contributed by atoms with Crippen molar-refractivity contribution in [2.75, 3.05) is 6.54 Å². The van der Waals surface area contributed by atoms with E-state index in [-0.39, 0.29) is 6.54 Å². The fraction of sp³-hybridized carbons (Fsp3) is 0.500. The van der Waals surface area contributed by atoms with Crippen LogP contribution in [0.15, 0.2) is 24.5 Å². The van der Waals surface area contributed by atoms with Gasteiger partial charge in [0, 0.05) is 18.9 Å². The molecule has 1 saturated heterocycles. The zero-order chi connectivity index (χ0) is 15.0. The lowest BCUT2D eigenvalue weighted by Crippen LogP contribution is -2.51. The number of pyridine rings is 1. The SMILES string of the molecule is O=C(N1CCCC1c1ccncc1)C(F)(F)C(F)(F)F. The van der Waals surface area contributed by atoms with Gasteiger partial charge in [0.15, 0.2) is 0 Å². The smallest absolute Gasteiger partial charge is 0.330 e. The molecule has 20 heavy (non-hydrogen) atoms. The Kier molecular flexibility index (Phi) is 3.66. The molecule has 0 N–H and O–H groups in total. The number of nitrogens with zero attached hydrogens (tertiary/aromatic N) is 2. The Labute approximate surface area is 111 Å². The molecule has 1 aromatic rings. The van der Waals surface area contributed by atoms with E-state index in [1.165, 1.54) is 24.5 Å². The van der Waals surface area contributed by atoms with Crippen LogP contribution in [0.25, 0.3) is 0 Å². The highest BCUT2D eigenvalue weighted by Crippen LogP contribution is 2.41. The molecule has 0 aliphatic carbocycles. The van der Waals surface area contributed by atoms with Crippen LogP contribution in [0, 0.1) is 0 Å². The molecule has 0 aromatic carbocycles. The molecule has 1 aliphatic rings. The molecule has 0 saturated carbocycles. The van der Waals surface area contributed by atoms with Gasteiger partial charge in [0.05, 0.1) is 6.04 Å². The highest BCUT2D eigenvalue weighted by atomic mass is 19.4. The first kappa shape index (κ1) is 14.7. The van der Waals surface area contributed by atoms with Crippen molar-refractivity contribution in [3.05, 3.63) is 30.1 Å². The van der Waals surface area contributed by atoms with Gasteiger partial charge in [-0.2, -0.15) is 22.0 Å². The van der Waals surface area contributed by atoms with E-state index in [0.717, 1.165) is 0 Å². The average molecular weight is 294 g/mol. The largest absolute Gasteiger partial charge is 0.463 e. The van der Waals surface area contributed by atoms with Gasteiger partial charge >= 0.3 is 18.0 Å². The third kappa shape index (κ3) is 2.46. The van der Waals surface area contributed by atoms with Gasteiger partial charge in [0.25, 0.3) is 0 Å². The number of likely N-dealkylation sites (tertiary alicyclic amines) is 1. The van der Waals surface area contributed by atoms with E-state index in [1.54, 1.807) is 0 Å². The Morgan fingerprint density at radius 3 is 2.35 bits per heavy atom. The van der Waals surface area contributed by atoms with Crippen LogP contribution >= 0.6 is 0 Å². The van der Waals surface area contributed by atoms with Crippen LogP contribution < -0.4 is 0 Å². The summed E-state index contributed by atoms with van der Waals surface area (Å²) in [6.07, 6.45) is -2.34. The Balaban J connectivity index is 2.26. The quantitative estimate of drug-likeness (QED) is 0.786. The number of hydrogen-bond acceptors (Lipinski definition) is 2. The Hall–Kier alpha value is -1.73. The van der Waals surface area contributed by atoms with E-state index >= 15 is 0 Å². The lowest BCUT2D eigenvalue weighted by atomic mass is 10.1. The molecule has 1 unspecified atom stereocenters. The monoisotopic (exact) mass is 294 g/mol. The molecule has 2 heterocycles. The summed E-state index contributed by atoms with van der Waals surface area (Å²) in [5.74, 6) is -7.55. The molecule has 0 radical (unpaired) electrons. The van der Waals surface area contributed by atoms with Crippen LogP contribution in [-0.2, 0) is 4.79 Å². The van der Waals surface area contributed by atoms with Crippen molar-refractivity contribution in [3.8, 4) is 0 Å². The highest BCUT2D eigenvalue weighted by molar-refractivity contribution is 5.85. The minimum Gasteiger partial charge on any atom is -0.330 e. The van der Waals surface area contributed by atoms with E-state index in [1.807, 2.05) is 0 Å². The van der Waals surface area contributed by atoms with E-state index in [0.29, 0.717) is 23.3 Å². The standard InChI is InChI=1S/C12H11F5N2O/c13-11(14,12(15,16)17)10(20)19-7-1-2-9(19)8-3-5-18-6-4-8/h3-6,9H,1-2,7H2. The van der Waals surface area contributed by atoms with Crippen molar-refractivity contribution >= 4 is 5.91 Å². The molecule has 110 valence electrons. The molecular weight excluding hydrogens is 283 g/mol. The van der Waals surface area contributed by atoms with E-state index in [4.69, 9.17) is 0 Å². The predicted octanol–water partition coefficient (Wildman–Crippen LogP) is 2.94. The van der Waals surface area contributed by atoms with Crippen molar-refractivity contribution in [2.24, 2.45) is 0 Å². The third-order valence-corrected chi connectivity index (χ3v) is 3.23. The predicted molar refractivity (Wildman–Crippen MR) is 58.9 cm³/mol. The maximum Gasteiger partial charge on any atom is 0.463 e. The minimum absolute atomic E-state index is 0.114. The third-order valence-electron chi connectivity index (χ3n) is 3.23. The average Bonchev–Trinajstić information content (AvgIpc) is 2.86. The van der Waals surface area contributed by atoms with Gasteiger partial charge in [0.1, 0.15) is 0 Å². The normalized spacial score (nSPS) is 20.2. The molecule has 1 aliphatic heterocycles. The first-order valence-electron chi connectivity index (χ1n) is 5.90. The van der Waals surface area contributed by atoms with Gasteiger partial charge in [-0.25, -0.2) is 0 Å². The summed E-state index contributed by atoms with van der Waals surface area (Å²) in [6, 6.07) is 2.24. The zero-order valence-corrected chi connectivity index (χ0v) is 10.2. The maximum absolute atomic E-state index is 13.1. The maximum atomic E-state index is 13.1. The number of carbonyl (C=O) groups is 1. The molecule has 0 spiro atoms.